The smallest absolute Gasteiger partial charge is 0.0853 e. The zero-order valence-corrected chi connectivity index (χ0v) is 14.1. The van der Waals surface area contributed by atoms with Gasteiger partial charge in [-0.2, -0.15) is 0 Å². The first-order valence-corrected chi connectivity index (χ1v) is 8.28. The van der Waals surface area contributed by atoms with Gasteiger partial charge in [-0.1, -0.05) is 41.9 Å². The van der Waals surface area contributed by atoms with Crippen LogP contribution in [0.3, 0.4) is 0 Å². The molecule has 0 saturated heterocycles. The SMILES string of the molecule is Cc1nc(CO)cc2c3ccccc3n(Cc3cccc(Cl)c3)c12. The Balaban J connectivity index is 2.02. The van der Waals surface area contributed by atoms with E-state index in [1.807, 2.05) is 43.3 Å². The van der Waals surface area contributed by atoms with Crippen LogP contribution >= 0.6 is 11.6 Å². The number of halogens is 1. The molecule has 3 nitrogen and oxygen atoms in total. The van der Waals surface area contributed by atoms with Gasteiger partial charge in [-0.3, -0.25) is 4.98 Å². The molecule has 2 aromatic carbocycles. The van der Waals surface area contributed by atoms with Crippen LogP contribution in [-0.2, 0) is 13.2 Å². The average molecular weight is 337 g/mol. The third kappa shape index (κ3) is 2.46. The van der Waals surface area contributed by atoms with E-state index in [1.54, 1.807) is 0 Å². The Bertz CT molecular complexity index is 1050. The van der Waals surface area contributed by atoms with Crippen LogP contribution < -0.4 is 0 Å². The summed E-state index contributed by atoms with van der Waals surface area (Å²) in [7, 11) is 0. The lowest BCUT2D eigenvalue weighted by atomic mass is 10.1. The molecule has 2 aromatic heterocycles. The number of hydrogen-bond donors (Lipinski definition) is 1. The first kappa shape index (κ1) is 15.2. The minimum atomic E-state index is -0.0510. The zero-order valence-electron chi connectivity index (χ0n) is 13.3. The lowest BCUT2D eigenvalue weighted by Crippen LogP contribution is -2.02. The summed E-state index contributed by atoms with van der Waals surface area (Å²) >= 11 is 6.14. The molecule has 0 amide bonds. The van der Waals surface area contributed by atoms with Crippen molar-refractivity contribution < 1.29 is 5.11 Å². The molecule has 0 spiro atoms. The van der Waals surface area contributed by atoms with Gasteiger partial charge in [-0.25, -0.2) is 0 Å². The quantitative estimate of drug-likeness (QED) is 0.589. The molecule has 0 saturated carbocycles. The van der Waals surface area contributed by atoms with Gasteiger partial charge < -0.3 is 9.67 Å². The maximum atomic E-state index is 9.48. The van der Waals surface area contributed by atoms with Crippen LogP contribution in [0.15, 0.2) is 54.6 Å². The van der Waals surface area contributed by atoms with Crippen molar-refractivity contribution in [1.29, 1.82) is 0 Å². The number of nitrogens with zero attached hydrogens (tertiary/aromatic N) is 2. The minimum Gasteiger partial charge on any atom is -0.390 e. The summed E-state index contributed by atoms with van der Waals surface area (Å²) in [5.74, 6) is 0. The number of aryl methyl sites for hydroxylation is 1. The van der Waals surface area contributed by atoms with Gasteiger partial charge in [0.2, 0.25) is 0 Å². The highest BCUT2D eigenvalue weighted by Crippen LogP contribution is 2.32. The molecular weight excluding hydrogens is 320 g/mol. The van der Waals surface area contributed by atoms with Gasteiger partial charge in [-0.05, 0) is 36.8 Å². The van der Waals surface area contributed by atoms with Crippen molar-refractivity contribution >= 4 is 33.4 Å². The van der Waals surface area contributed by atoms with Gasteiger partial charge >= 0.3 is 0 Å². The van der Waals surface area contributed by atoms with E-state index in [1.165, 1.54) is 5.39 Å². The molecule has 0 aliphatic heterocycles. The van der Waals surface area contributed by atoms with Gasteiger partial charge in [0, 0.05) is 27.9 Å². The van der Waals surface area contributed by atoms with Crippen molar-refractivity contribution in [2.45, 2.75) is 20.1 Å². The third-order valence-corrected chi connectivity index (χ3v) is 4.60. The fourth-order valence-corrected chi connectivity index (χ4v) is 3.61. The number of pyridine rings is 1. The predicted molar refractivity (Wildman–Crippen MR) is 98.5 cm³/mol. The highest BCUT2D eigenvalue weighted by atomic mass is 35.5. The lowest BCUT2D eigenvalue weighted by molar-refractivity contribution is 0.277. The van der Waals surface area contributed by atoms with Crippen molar-refractivity contribution in [2.75, 3.05) is 0 Å². The standard InChI is InChI=1S/C20H17ClN2O/c1-13-20-18(10-16(12-24)22-13)17-7-2-3-8-19(17)23(20)11-14-5-4-6-15(21)9-14/h2-10,24H,11-12H2,1H3. The molecule has 24 heavy (non-hydrogen) atoms. The number of benzene rings is 2. The molecule has 1 N–H and O–H groups in total. The number of fused-ring (bicyclic) bond motifs is 3. The Hall–Kier alpha value is -2.36. The van der Waals surface area contributed by atoms with E-state index in [0.717, 1.165) is 39.2 Å². The summed E-state index contributed by atoms with van der Waals surface area (Å²) < 4.78 is 2.28. The summed E-state index contributed by atoms with van der Waals surface area (Å²) in [6.07, 6.45) is 0. The highest BCUT2D eigenvalue weighted by Gasteiger charge is 2.14. The van der Waals surface area contributed by atoms with Gasteiger partial charge in [0.25, 0.3) is 0 Å². The molecule has 0 radical (unpaired) electrons. The van der Waals surface area contributed by atoms with Crippen LogP contribution in [-0.4, -0.2) is 14.7 Å². The fraction of sp³-hybridized carbons (Fsp3) is 0.150. The summed E-state index contributed by atoms with van der Waals surface area (Å²) in [5.41, 5.74) is 5.04. The van der Waals surface area contributed by atoms with E-state index in [2.05, 4.69) is 27.8 Å². The maximum Gasteiger partial charge on any atom is 0.0853 e. The van der Waals surface area contributed by atoms with E-state index in [0.29, 0.717) is 5.69 Å². The van der Waals surface area contributed by atoms with Crippen molar-refractivity contribution in [1.82, 2.24) is 9.55 Å². The number of aromatic nitrogens is 2. The molecule has 0 fully saturated rings. The van der Waals surface area contributed by atoms with Crippen LogP contribution in [0.5, 0.6) is 0 Å². The van der Waals surface area contributed by atoms with E-state index >= 15 is 0 Å². The van der Waals surface area contributed by atoms with Gasteiger partial charge in [-0.15, -0.1) is 0 Å². The summed E-state index contributed by atoms with van der Waals surface area (Å²) in [6, 6.07) is 18.2. The molecule has 2 heterocycles. The average Bonchev–Trinajstić information content (AvgIpc) is 2.90. The van der Waals surface area contributed by atoms with E-state index in [9.17, 15) is 5.11 Å². The van der Waals surface area contributed by atoms with Crippen LogP contribution in [0.2, 0.25) is 5.02 Å². The maximum absolute atomic E-state index is 9.48. The van der Waals surface area contributed by atoms with Gasteiger partial charge in [0.1, 0.15) is 0 Å². The molecule has 120 valence electrons. The Morgan fingerprint density at radius 1 is 1.04 bits per heavy atom. The number of aliphatic hydroxyl groups excluding tert-OH is 1. The second-order valence-electron chi connectivity index (χ2n) is 5.99. The Morgan fingerprint density at radius 3 is 2.67 bits per heavy atom. The van der Waals surface area contributed by atoms with Crippen LogP contribution in [0.1, 0.15) is 17.0 Å². The van der Waals surface area contributed by atoms with E-state index in [4.69, 9.17) is 11.6 Å². The lowest BCUT2D eigenvalue weighted by Gasteiger charge is -2.10. The van der Waals surface area contributed by atoms with E-state index in [-0.39, 0.29) is 6.61 Å². The van der Waals surface area contributed by atoms with E-state index < -0.39 is 0 Å². The number of para-hydroxylation sites is 1. The highest BCUT2D eigenvalue weighted by molar-refractivity contribution is 6.30. The zero-order chi connectivity index (χ0) is 16.7. The van der Waals surface area contributed by atoms with Crippen LogP contribution in [0.4, 0.5) is 0 Å². The molecule has 4 aromatic rings. The predicted octanol–water partition coefficient (Wildman–Crippen LogP) is 4.69. The Morgan fingerprint density at radius 2 is 1.88 bits per heavy atom. The largest absolute Gasteiger partial charge is 0.390 e. The van der Waals surface area contributed by atoms with Crippen molar-refractivity contribution in [3.8, 4) is 0 Å². The molecule has 4 heteroatoms. The Labute approximate surface area is 145 Å². The normalized spacial score (nSPS) is 11.5. The second kappa shape index (κ2) is 5.93. The first-order chi connectivity index (χ1) is 11.7. The number of rotatable bonds is 3. The first-order valence-electron chi connectivity index (χ1n) is 7.90. The minimum absolute atomic E-state index is 0.0510. The second-order valence-corrected chi connectivity index (χ2v) is 6.42. The molecule has 0 aliphatic carbocycles. The van der Waals surface area contributed by atoms with Crippen LogP contribution in [0.25, 0.3) is 21.8 Å². The molecule has 0 aliphatic rings. The van der Waals surface area contributed by atoms with Gasteiger partial charge in [0.05, 0.1) is 23.5 Å². The molecule has 0 bridgehead atoms. The Kier molecular flexibility index (Phi) is 3.75. The monoisotopic (exact) mass is 336 g/mol. The topological polar surface area (TPSA) is 38.1 Å². The number of hydrogen-bond acceptors (Lipinski definition) is 2. The molecule has 0 unspecified atom stereocenters. The van der Waals surface area contributed by atoms with Crippen LogP contribution in [0, 0.1) is 6.92 Å². The molecule has 0 atom stereocenters. The van der Waals surface area contributed by atoms with Crippen molar-refractivity contribution in [3.63, 3.8) is 0 Å². The molecular formula is C20H17ClN2O. The fourth-order valence-electron chi connectivity index (χ4n) is 3.40. The summed E-state index contributed by atoms with van der Waals surface area (Å²) in [4.78, 5) is 4.54. The van der Waals surface area contributed by atoms with Crippen molar-refractivity contribution in [3.05, 3.63) is 76.6 Å². The van der Waals surface area contributed by atoms with Crippen molar-refractivity contribution in [2.24, 2.45) is 0 Å². The summed E-state index contributed by atoms with van der Waals surface area (Å²) in [5, 5.41) is 12.5. The molecule has 4 rings (SSSR count). The third-order valence-electron chi connectivity index (χ3n) is 4.37. The summed E-state index contributed by atoms with van der Waals surface area (Å²) in [6.45, 7) is 2.67. The van der Waals surface area contributed by atoms with Gasteiger partial charge in [0.15, 0.2) is 0 Å². The number of aliphatic hydroxyl groups is 1.